The number of aromatic amines is 3. The molecule has 0 amide bonds. The minimum Gasteiger partial charge on any atom is -0.327 e. The molecule has 5 heterocycles. The number of allylic oxidation sites excluding steroid dienone is 2. The largest absolute Gasteiger partial charge is 0.327 e. The summed E-state index contributed by atoms with van der Waals surface area (Å²) in [6.07, 6.45) is 11.7. The average molecular weight is 545 g/mol. The Labute approximate surface area is 239 Å². The van der Waals surface area contributed by atoms with Crippen molar-refractivity contribution in [3.05, 3.63) is 120 Å². The number of nitrogens with zero attached hydrogens (tertiary/aromatic N) is 4. The molecule has 0 saturated heterocycles. The maximum Gasteiger partial charge on any atom is 0.142 e. The molecule has 1 aliphatic carbocycles. The van der Waals surface area contributed by atoms with Crippen molar-refractivity contribution < 1.29 is 0 Å². The standard InChI is InChI=1S/C34H24N8/c1-2-10-19-18-20(11-3-1)28-35-27(19)36-29-21-12-4-6-14-23(21)31(38-29)40-33-25-16-8-9-17-26(25)34(42-33)41-32-24-15-7-5-13-22(24)30(37-28)39-32/h2-19,38-39H,1H2,(H,35,36,37)(H,40,41,42)/b10-2-,11-3-. The van der Waals surface area contributed by atoms with E-state index in [0.29, 0.717) is 0 Å². The van der Waals surface area contributed by atoms with E-state index in [4.69, 9.17) is 20.0 Å². The van der Waals surface area contributed by atoms with Gasteiger partial charge in [-0.1, -0.05) is 103 Å². The molecule has 3 aromatic heterocycles. The summed E-state index contributed by atoms with van der Waals surface area (Å²) in [5.41, 5.74) is 2.49. The molecule has 1 atom stereocenters. The van der Waals surface area contributed by atoms with Gasteiger partial charge >= 0.3 is 0 Å². The third-order valence-electron chi connectivity index (χ3n) is 8.03. The first-order chi connectivity index (χ1) is 20.8. The summed E-state index contributed by atoms with van der Waals surface area (Å²) in [5, 5.41) is 9.54. The highest BCUT2D eigenvalue weighted by molar-refractivity contribution is 6.17. The van der Waals surface area contributed by atoms with E-state index in [1.165, 1.54) is 0 Å². The number of amidine groups is 2. The Kier molecular flexibility index (Phi) is 4.86. The third-order valence-corrected chi connectivity index (χ3v) is 8.03. The Bertz CT molecular complexity index is 2370. The van der Waals surface area contributed by atoms with Gasteiger partial charge in [-0.2, -0.15) is 0 Å². The highest BCUT2D eigenvalue weighted by atomic mass is 15.1. The van der Waals surface area contributed by atoms with Crippen LogP contribution in [0.1, 0.15) is 6.42 Å². The van der Waals surface area contributed by atoms with Crippen LogP contribution >= 0.6 is 0 Å². The summed E-state index contributed by atoms with van der Waals surface area (Å²) in [6.45, 7) is 0. The molecule has 1 unspecified atom stereocenters. The van der Waals surface area contributed by atoms with Gasteiger partial charge in [-0.25, -0.2) is 20.0 Å². The van der Waals surface area contributed by atoms with E-state index in [2.05, 4.69) is 87.0 Å². The number of aliphatic imine (C=N–C) groups is 2. The fraction of sp³-hybridized carbons (Fsp3) is 0.0588. The maximum absolute atomic E-state index is 5.17. The van der Waals surface area contributed by atoms with Crippen molar-refractivity contribution in [2.45, 2.75) is 6.42 Å². The van der Waals surface area contributed by atoms with Gasteiger partial charge in [0.05, 0.1) is 5.92 Å². The minimum absolute atomic E-state index is 0.0221. The van der Waals surface area contributed by atoms with Crippen molar-refractivity contribution in [1.82, 2.24) is 20.3 Å². The Balaban J connectivity index is 1.43. The third kappa shape index (κ3) is 3.55. The molecule has 4 N–H and O–H groups in total. The van der Waals surface area contributed by atoms with Crippen molar-refractivity contribution in [2.75, 3.05) is 0 Å². The molecular formula is C34H24N8. The first-order valence-electron chi connectivity index (χ1n) is 14.0. The number of fused-ring (bicyclic) bond motifs is 20. The normalized spacial score (nSPS) is 19.0. The Morgan fingerprint density at radius 2 is 1.07 bits per heavy atom. The fourth-order valence-electron chi connectivity index (χ4n) is 6.02. The molecule has 8 heteroatoms. The topological polar surface area (TPSA) is 109 Å². The van der Waals surface area contributed by atoms with Crippen LogP contribution in [0.15, 0.2) is 129 Å². The Morgan fingerprint density at radius 3 is 1.67 bits per heavy atom. The summed E-state index contributed by atoms with van der Waals surface area (Å²) >= 11 is 0. The highest BCUT2D eigenvalue weighted by Crippen LogP contribution is 2.36. The molecule has 0 radical (unpaired) electrons. The second-order valence-electron chi connectivity index (χ2n) is 10.6. The maximum atomic E-state index is 5.17. The van der Waals surface area contributed by atoms with Crippen LogP contribution in [-0.4, -0.2) is 26.6 Å². The van der Waals surface area contributed by atoms with Crippen LogP contribution in [0.4, 0.5) is 23.3 Å². The van der Waals surface area contributed by atoms with Crippen LogP contribution < -0.4 is 16.3 Å². The van der Waals surface area contributed by atoms with E-state index < -0.39 is 0 Å². The quantitative estimate of drug-likeness (QED) is 0.156. The lowest BCUT2D eigenvalue weighted by Gasteiger charge is -2.24. The number of hydrogen-bond acceptors (Lipinski definition) is 5. The van der Waals surface area contributed by atoms with E-state index in [-0.39, 0.29) is 5.92 Å². The van der Waals surface area contributed by atoms with Gasteiger partial charge in [0, 0.05) is 37.9 Å². The summed E-state index contributed by atoms with van der Waals surface area (Å²) in [7, 11) is 0. The molecule has 200 valence electrons. The predicted molar refractivity (Wildman–Crippen MR) is 168 cm³/mol. The average Bonchev–Trinajstić information content (AvgIpc) is 3.65. The first kappa shape index (κ1) is 23.0. The van der Waals surface area contributed by atoms with Gasteiger partial charge in [-0.3, -0.25) is 0 Å². The molecule has 9 rings (SSSR count). The van der Waals surface area contributed by atoms with Crippen LogP contribution in [0.25, 0.3) is 32.3 Å². The fourth-order valence-corrected chi connectivity index (χ4v) is 6.02. The summed E-state index contributed by atoms with van der Waals surface area (Å²) in [5.74, 6) is 4.45. The molecule has 8 nitrogen and oxygen atoms in total. The first-order valence-corrected chi connectivity index (χ1v) is 14.0. The molecule has 0 spiro atoms. The second-order valence-corrected chi connectivity index (χ2v) is 10.6. The van der Waals surface area contributed by atoms with Crippen LogP contribution in [0.2, 0.25) is 0 Å². The number of nitrogens with one attached hydrogen (secondary N) is 4. The number of H-pyrrole nitrogens is 3. The van der Waals surface area contributed by atoms with E-state index >= 15 is 0 Å². The smallest absolute Gasteiger partial charge is 0.142 e. The molecule has 0 saturated carbocycles. The zero-order valence-electron chi connectivity index (χ0n) is 22.4. The van der Waals surface area contributed by atoms with E-state index in [1.807, 2.05) is 36.4 Å². The van der Waals surface area contributed by atoms with Crippen LogP contribution in [0.5, 0.6) is 0 Å². The van der Waals surface area contributed by atoms with E-state index in [1.54, 1.807) is 0 Å². The lowest BCUT2D eigenvalue weighted by atomic mass is 9.95. The predicted octanol–water partition coefficient (Wildman–Crippen LogP) is 6.77. The summed E-state index contributed by atoms with van der Waals surface area (Å²) in [4.78, 5) is 31.1. The van der Waals surface area contributed by atoms with Gasteiger partial charge in [0.2, 0.25) is 0 Å². The Morgan fingerprint density at radius 1 is 0.548 bits per heavy atom. The highest BCUT2D eigenvalue weighted by Gasteiger charge is 2.24. The van der Waals surface area contributed by atoms with Gasteiger partial charge < -0.3 is 20.3 Å². The number of rotatable bonds is 0. The van der Waals surface area contributed by atoms with Crippen LogP contribution in [0, 0.1) is 5.92 Å². The van der Waals surface area contributed by atoms with Crippen LogP contribution in [-0.2, 0) is 0 Å². The van der Waals surface area contributed by atoms with Gasteiger partial charge in [-0.15, -0.1) is 0 Å². The van der Waals surface area contributed by atoms with Crippen molar-refractivity contribution in [3.8, 4) is 0 Å². The van der Waals surface area contributed by atoms with Gasteiger partial charge in [0.1, 0.15) is 45.9 Å². The molecule has 10 bridgehead atoms. The van der Waals surface area contributed by atoms with Crippen molar-refractivity contribution >= 4 is 67.3 Å². The lowest BCUT2D eigenvalue weighted by Crippen LogP contribution is -2.39. The number of hydrogen-bond donors (Lipinski definition) is 4. The van der Waals surface area contributed by atoms with Crippen molar-refractivity contribution in [2.24, 2.45) is 25.9 Å². The molecule has 3 aliphatic rings. The lowest BCUT2D eigenvalue weighted by molar-refractivity contribution is 1.01. The number of aromatic nitrogens is 3. The molecule has 6 aromatic rings. The number of benzene rings is 3. The molecule has 42 heavy (non-hydrogen) atoms. The second kappa shape index (κ2) is 8.87. The monoisotopic (exact) mass is 544 g/mol. The van der Waals surface area contributed by atoms with Crippen LogP contribution in [0.3, 0.4) is 0 Å². The zero-order valence-corrected chi connectivity index (χ0v) is 22.4. The van der Waals surface area contributed by atoms with E-state index in [9.17, 15) is 0 Å². The van der Waals surface area contributed by atoms with Gasteiger partial charge in [0.15, 0.2) is 0 Å². The molecule has 2 aliphatic heterocycles. The van der Waals surface area contributed by atoms with Gasteiger partial charge in [-0.05, 0) is 6.42 Å². The summed E-state index contributed by atoms with van der Waals surface area (Å²) in [6, 6.07) is 24.6. The molecule has 3 aromatic carbocycles. The minimum atomic E-state index is -0.0221. The summed E-state index contributed by atoms with van der Waals surface area (Å²) < 4.78 is 0. The van der Waals surface area contributed by atoms with Gasteiger partial charge in [0.25, 0.3) is 0 Å². The van der Waals surface area contributed by atoms with Crippen molar-refractivity contribution in [1.29, 1.82) is 0 Å². The SMILES string of the molecule is C1=C2/C=C\C/C=C\C1C1=Nc3[nH]c(c4ccccc34)N=c3[nH]c(c4ccccc34)=Nc3[nH]c(c4ccccc34)N=C2N1. The zero-order chi connectivity index (χ0) is 27.6. The Hall–Kier alpha value is -5.76. The molecule has 0 fully saturated rings. The van der Waals surface area contributed by atoms with Crippen molar-refractivity contribution in [3.63, 3.8) is 0 Å². The van der Waals surface area contributed by atoms with E-state index in [0.717, 1.165) is 90.2 Å². The molecular weight excluding hydrogens is 520 g/mol.